The summed E-state index contributed by atoms with van der Waals surface area (Å²) in [5, 5.41) is 4.88. The fraction of sp³-hybridized carbons (Fsp3) is 0.368. The van der Waals surface area contributed by atoms with Crippen LogP contribution in [0.5, 0.6) is 0 Å². The van der Waals surface area contributed by atoms with Gasteiger partial charge >= 0.3 is 5.97 Å². The van der Waals surface area contributed by atoms with Gasteiger partial charge in [0.05, 0.1) is 12.1 Å². The highest BCUT2D eigenvalue weighted by Crippen LogP contribution is 2.19. The minimum atomic E-state index is -0.400. The van der Waals surface area contributed by atoms with Gasteiger partial charge in [0.1, 0.15) is 6.61 Å². The van der Waals surface area contributed by atoms with Crippen LogP contribution in [0.25, 0.3) is 10.8 Å². The summed E-state index contributed by atoms with van der Waals surface area (Å²) in [6.07, 6.45) is 0.760. The predicted molar refractivity (Wildman–Crippen MR) is 91.3 cm³/mol. The van der Waals surface area contributed by atoms with Crippen molar-refractivity contribution >= 4 is 22.6 Å². The Labute approximate surface area is 136 Å². The SMILES string of the molecule is CCC(C)(C)C(=O)NCCOC(=O)c1ccc2ccccc2c1. The standard InChI is InChI=1S/C19H23NO3/c1-4-19(2,3)18(22)20-11-12-23-17(21)16-10-9-14-7-5-6-8-15(14)13-16/h5-10,13H,4,11-12H2,1-3H3,(H,20,22). The number of nitrogens with one attached hydrogen (secondary N) is 1. The number of carbonyl (C=O) groups is 2. The van der Waals surface area contributed by atoms with E-state index in [9.17, 15) is 9.59 Å². The number of esters is 1. The van der Waals surface area contributed by atoms with Gasteiger partial charge < -0.3 is 10.1 Å². The van der Waals surface area contributed by atoms with Crippen molar-refractivity contribution in [3.63, 3.8) is 0 Å². The summed E-state index contributed by atoms with van der Waals surface area (Å²) in [5.41, 5.74) is 0.117. The molecule has 0 aliphatic heterocycles. The van der Waals surface area contributed by atoms with Crippen LogP contribution in [0.15, 0.2) is 42.5 Å². The second-order valence-corrected chi connectivity index (χ2v) is 6.19. The topological polar surface area (TPSA) is 55.4 Å². The van der Waals surface area contributed by atoms with Crippen molar-refractivity contribution < 1.29 is 14.3 Å². The third kappa shape index (κ3) is 4.31. The first-order valence-corrected chi connectivity index (χ1v) is 7.88. The second-order valence-electron chi connectivity index (χ2n) is 6.19. The summed E-state index contributed by atoms with van der Waals surface area (Å²) < 4.78 is 5.22. The van der Waals surface area contributed by atoms with E-state index in [0.717, 1.165) is 17.2 Å². The van der Waals surface area contributed by atoms with E-state index < -0.39 is 5.41 Å². The van der Waals surface area contributed by atoms with E-state index in [1.165, 1.54) is 0 Å². The van der Waals surface area contributed by atoms with Crippen molar-refractivity contribution in [1.82, 2.24) is 5.32 Å². The van der Waals surface area contributed by atoms with E-state index in [4.69, 9.17) is 4.74 Å². The van der Waals surface area contributed by atoms with Crippen LogP contribution in [0.4, 0.5) is 0 Å². The van der Waals surface area contributed by atoms with Crippen molar-refractivity contribution in [2.45, 2.75) is 27.2 Å². The number of fused-ring (bicyclic) bond motifs is 1. The van der Waals surface area contributed by atoms with Crippen LogP contribution in [0.3, 0.4) is 0 Å². The monoisotopic (exact) mass is 313 g/mol. The van der Waals surface area contributed by atoms with Crippen molar-refractivity contribution in [3.8, 4) is 0 Å². The molecule has 0 unspecified atom stereocenters. The molecule has 0 saturated carbocycles. The molecule has 0 spiro atoms. The van der Waals surface area contributed by atoms with Gasteiger partial charge in [-0.2, -0.15) is 0 Å². The fourth-order valence-electron chi connectivity index (χ4n) is 2.11. The van der Waals surface area contributed by atoms with Gasteiger partial charge in [-0.1, -0.05) is 51.1 Å². The Hall–Kier alpha value is -2.36. The molecular weight excluding hydrogens is 290 g/mol. The summed E-state index contributed by atoms with van der Waals surface area (Å²) in [4.78, 5) is 24.0. The summed E-state index contributed by atoms with van der Waals surface area (Å²) in [6, 6.07) is 13.3. The molecule has 4 nitrogen and oxygen atoms in total. The van der Waals surface area contributed by atoms with Crippen LogP contribution in [0.2, 0.25) is 0 Å². The quantitative estimate of drug-likeness (QED) is 0.655. The van der Waals surface area contributed by atoms with E-state index >= 15 is 0 Å². The zero-order valence-electron chi connectivity index (χ0n) is 13.9. The molecular formula is C19H23NO3. The van der Waals surface area contributed by atoms with Gasteiger partial charge in [0, 0.05) is 5.41 Å². The normalized spacial score (nSPS) is 11.3. The maximum absolute atomic E-state index is 12.1. The van der Waals surface area contributed by atoms with Gasteiger partial charge in [-0.3, -0.25) is 4.79 Å². The maximum atomic E-state index is 12.1. The summed E-state index contributed by atoms with van der Waals surface area (Å²) >= 11 is 0. The molecule has 0 aromatic heterocycles. The highest BCUT2D eigenvalue weighted by Gasteiger charge is 2.24. The molecule has 2 rings (SSSR count). The minimum absolute atomic E-state index is 0.0262. The van der Waals surface area contributed by atoms with Crippen LogP contribution in [0.1, 0.15) is 37.6 Å². The number of hydrogen-bond donors (Lipinski definition) is 1. The van der Waals surface area contributed by atoms with E-state index in [1.54, 1.807) is 6.07 Å². The van der Waals surface area contributed by atoms with Crippen molar-refractivity contribution in [1.29, 1.82) is 0 Å². The average Bonchev–Trinajstić information content (AvgIpc) is 2.57. The van der Waals surface area contributed by atoms with E-state index in [1.807, 2.05) is 57.2 Å². The molecule has 122 valence electrons. The first-order chi connectivity index (χ1) is 10.9. The zero-order chi connectivity index (χ0) is 16.9. The van der Waals surface area contributed by atoms with Crippen LogP contribution in [-0.4, -0.2) is 25.0 Å². The summed E-state index contributed by atoms with van der Waals surface area (Å²) in [5.74, 6) is -0.401. The number of amides is 1. The van der Waals surface area contributed by atoms with Crippen LogP contribution >= 0.6 is 0 Å². The van der Waals surface area contributed by atoms with E-state index in [2.05, 4.69) is 5.32 Å². The molecule has 0 bridgehead atoms. The molecule has 1 amide bonds. The molecule has 1 N–H and O–H groups in total. The molecule has 0 fully saturated rings. The lowest BCUT2D eigenvalue weighted by Crippen LogP contribution is -2.38. The predicted octanol–water partition coefficient (Wildman–Crippen LogP) is 3.55. The molecule has 0 atom stereocenters. The number of ether oxygens (including phenoxy) is 1. The summed E-state index contributed by atoms with van der Waals surface area (Å²) in [7, 11) is 0. The first-order valence-electron chi connectivity index (χ1n) is 7.88. The fourth-order valence-corrected chi connectivity index (χ4v) is 2.11. The number of rotatable bonds is 6. The highest BCUT2D eigenvalue weighted by molar-refractivity contribution is 5.95. The van der Waals surface area contributed by atoms with Crippen LogP contribution in [-0.2, 0) is 9.53 Å². The first kappa shape index (κ1) is 17.0. The van der Waals surface area contributed by atoms with Gasteiger partial charge in [-0.15, -0.1) is 0 Å². The highest BCUT2D eigenvalue weighted by atomic mass is 16.5. The molecule has 0 radical (unpaired) electrons. The molecule has 0 aliphatic rings. The Morgan fingerprint density at radius 2 is 1.78 bits per heavy atom. The largest absolute Gasteiger partial charge is 0.460 e. The van der Waals surface area contributed by atoms with Gasteiger partial charge in [0.25, 0.3) is 0 Å². The van der Waals surface area contributed by atoms with Crippen LogP contribution < -0.4 is 5.32 Å². The molecule has 2 aromatic carbocycles. The molecule has 0 heterocycles. The summed E-state index contributed by atoms with van der Waals surface area (Å²) in [6.45, 7) is 6.24. The molecule has 2 aromatic rings. The third-order valence-electron chi connectivity index (χ3n) is 4.10. The van der Waals surface area contributed by atoms with Gasteiger partial charge in [-0.25, -0.2) is 4.79 Å². The van der Waals surface area contributed by atoms with E-state index in [-0.39, 0.29) is 18.5 Å². The van der Waals surface area contributed by atoms with Gasteiger partial charge in [0.15, 0.2) is 0 Å². The van der Waals surface area contributed by atoms with Crippen molar-refractivity contribution in [2.75, 3.05) is 13.2 Å². The maximum Gasteiger partial charge on any atom is 0.338 e. The molecule has 4 heteroatoms. The molecule has 0 aliphatic carbocycles. The molecule has 0 saturated heterocycles. The Kier molecular flexibility index (Phi) is 5.37. The lowest BCUT2D eigenvalue weighted by molar-refractivity contribution is -0.129. The number of benzene rings is 2. The number of hydrogen-bond acceptors (Lipinski definition) is 3. The smallest absolute Gasteiger partial charge is 0.338 e. The van der Waals surface area contributed by atoms with E-state index in [0.29, 0.717) is 12.1 Å². The Morgan fingerprint density at radius 3 is 2.48 bits per heavy atom. The van der Waals surface area contributed by atoms with Crippen molar-refractivity contribution in [3.05, 3.63) is 48.0 Å². The Balaban J connectivity index is 1.86. The minimum Gasteiger partial charge on any atom is -0.460 e. The van der Waals surface area contributed by atoms with Crippen molar-refractivity contribution in [2.24, 2.45) is 5.41 Å². The average molecular weight is 313 g/mol. The van der Waals surface area contributed by atoms with Gasteiger partial charge in [-0.05, 0) is 29.3 Å². The molecule has 23 heavy (non-hydrogen) atoms. The second kappa shape index (κ2) is 7.27. The Morgan fingerprint density at radius 1 is 1.09 bits per heavy atom. The lowest BCUT2D eigenvalue weighted by Gasteiger charge is -2.21. The van der Waals surface area contributed by atoms with Crippen LogP contribution in [0, 0.1) is 5.41 Å². The Bertz CT molecular complexity index is 707. The van der Waals surface area contributed by atoms with Gasteiger partial charge in [0.2, 0.25) is 5.91 Å². The lowest BCUT2D eigenvalue weighted by atomic mass is 9.89. The number of carbonyl (C=O) groups excluding carboxylic acids is 2. The zero-order valence-corrected chi connectivity index (χ0v) is 13.9. The third-order valence-corrected chi connectivity index (χ3v) is 4.10.